The Kier molecular flexibility index (Phi) is 7.03. The molecule has 0 spiro atoms. The number of nitrogens with zero attached hydrogens (tertiary/aromatic N) is 3. The largest absolute Gasteiger partial charge is 0.396 e. The number of hydrogen-bond acceptors (Lipinski definition) is 5. The number of nitrogen functional groups attached to an aromatic ring is 1. The summed E-state index contributed by atoms with van der Waals surface area (Å²) in [5.74, 6) is 0.789. The summed E-state index contributed by atoms with van der Waals surface area (Å²) in [4.78, 5) is 32.7. The van der Waals surface area contributed by atoms with Gasteiger partial charge in [-0.05, 0) is 56.7 Å². The number of carbonyl (C=O) groups excluding carboxylic acids is 1. The van der Waals surface area contributed by atoms with Crippen molar-refractivity contribution in [1.82, 2.24) is 9.55 Å². The predicted molar refractivity (Wildman–Crippen MR) is 122 cm³/mol. The van der Waals surface area contributed by atoms with Crippen molar-refractivity contribution >= 4 is 24.0 Å². The first-order valence-electron chi connectivity index (χ1n) is 10.6. The summed E-state index contributed by atoms with van der Waals surface area (Å²) in [6, 6.07) is 5.40. The van der Waals surface area contributed by atoms with Crippen LogP contribution in [0.2, 0.25) is 0 Å². The van der Waals surface area contributed by atoms with E-state index in [9.17, 15) is 9.59 Å². The van der Waals surface area contributed by atoms with Gasteiger partial charge in [0.15, 0.2) is 5.82 Å². The zero-order valence-electron chi connectivity index (χ0n) is 17.9. The Labute approximate surface area is 177 Å². The summed E-state index contributed by atoms with van der Waals surface area (Å²) in [6.07, 6.45) is 7.72. The lowest BCUT2D eigenvalue weighted by atomic mass is 9.87. The van der Waals surface area contributed by atoms with Crippen LogP contribution in [0.4, 0.5) is 11.4 Å². The first-order chi connectivity index (χ1) is 14.4. The van der Waals surface area contributed by atoms with Gasteiger partial charge in [0, 0.05) is 17.9 Å². The second kappa shape index (κ2) is 9.69. The van der Waals surface area contributed by atoms with Crippen molar-refractivity contribution in [3.8, 4) is 5.82 Å². The Morgan fingerprint density at radius 1 is 1.30 bits per heavy atom. The number of carbonyl (C=O) groups is 1. The molecule has 2 aromatic rings. The maximum absolute atomic E-state index is 13.2. The van der Waals surface area contributed by atoms with Crippen molar-refractivity contribution in [3.63, 3.8) is 0 Å². The van der Waals surface area contributed by atoms with Crippen molar-refractivity contribution in [1.29, 1.82) is 0 Å². The van der Waals surface area contributed by atoms with Gasteiger partial charge in [-0.3, -0.25) is 14.2 Å². The van der Waals surface area contributed by atoms with Gasteiger partial charge in [0.1, 0.15) is 5.69 Å². The van der Waals surface area contributed by atoms with Gasteiger partial charge in [0.2, 0.25) is 5.91 Å². The molecule has 1 aliphatic carbocycles. The highest BCUT2D eigenvalue weighted by atomic mass is 16.1. The van der Waals surface area contributed by atoms with Gasteiger partial charge in [0.05, 0.1) is 12.1 Å². The second-order valence-corrected chi connectivity index (χ2v) is 8.12. The molecule has 0 radical (unpaired) electrons. The van der Waals surface area contributed by atoms with E-state index in [1.807, 2.05) is 19.1 Å². The predicted octanol–water partition coefficient (Wildman–Crippen LogP) is 3.58. The fourth-order valence-corrected chi connectivity index (χ4v) is 4.14. The van der Waals surface area contributed by atoms with E-state index in [2.05, 4.69) is 22.0 Å². The first kappa shape index (κ1) is 21.7. The maximum Gasteiger partial charge on any atom is 0.279 e. The first-order valence-corrected chi connectivity index (χ1v) is 10.6. The molecule has 1 saturated carbocycles. The van der Waals surface area contributed by atoms with E-state index in [-0.39, 0.29) is 17.9 Å². The molecule has 0 aromatic carbocycles. The summed E-state index contributed by atoms with van der Waals surface area (Å²) < 4.78 is 1.53. The number of aryl methyl sites for hydroxylation is 2. The monoisotopic (exact) mass is 409 g/mol. The number of nitrogens with two attached hydrogens (primary N) is 1. The lowest BCUT2D eigenvalue weighted by Gasteiger charge is -2.21. The van der Waals surface area contributed by atoms with E-state index in [1.54, 1.807) is 13.0 Å². The molecule has 1 fully saturated rings. The molecule has 30 heavy (non-hydrogen) atoms. The molecule has 3 rings (SSSR count). The van der Waals surface area contributed by atoms with Gasteiger partial charge < -0.3 is 11.1 Å². The fourth-order valence-electron chi connectivity index (χ4n) is 4.14. The highest BCUT2D eigenvalue weighted by Crippen LogP contribution is 2.26. The van der Waals surface area contributed by atoms with Crippen LogP contribution < -0.4 is 16.6 Å². The molecule has 0 unspecified atom stereocenters. The average molecular weight is 410 g/mol. The van der Waals surface area contributed by atoms with Gasteiger partial charge >= 0.3 is 0 Å². The van der Waals surface area contributed by atoms with Crippen LogP contribution in [0.15, 0.2) is 28.0 Å². The van der Waals surface area contributed by atoms with Crippen LogP contribution in [0.3, 0.4) is 0 Å². The second-order valence-electron chi connectivity index (χ2n) is 8.12. The lowest BCUT2D eigenvalue weighted by Crippen LogP contribution is -2.26. The van der Waals surface area contributed by atoms with Crippen LogP contribution in [0, 0.1) is 19.8 Å². The van der Waals surface area contributed by atoms with Crippen LogP contribution in [0.1, 0.15) is 55.5 Å². The van der Waals surface area contributed by atoms with Gasteiger partial charge in [0.25, 0.3) is 5.56 Å². The molecule has 1 amide bonds. The molecule has 0 saturated heterocycles. The minimum absolute atomic E-state index is 0.0868. The van der Waals surface area contributed by atoms with E-state index in [0.29, 0.717) is 28.5 Å². The average Bonchev–Trinajstić information content (AvgIpc) is 2.73. The number of rotatable bonds is 7. The highest BCUT2D eigenvalue weighted by Gasteiger charge is 2.17. The lowest BCUT2D eigenvalue weighted by molar-refractivity contribution is -0.117. The summed E-state index contributed by atoms with van der Waals surface area (Å²) in [6.45, 7) is 7.68. The molecule has 2 aromatic heterocycles. The van der Waals surface area contributed by atoms with Crippen molar-refractivity contribution in [3.05, 3.63) is 45.5 Å². The Hall–Kier alpha value is -2.96. The van der Waals surface area contributed by atoms with Gasteiger partial charge in [-0.25, -0.2) is 9.98 Å². The maximum atomic E-state index is 13.2. The number of amides is 1. The SMILES string of the molecule is C=NC(=O)Cc1cc(N)c(-n2c(C)ccc(NCCC3CCCCC3)c2=O)nc1C. The van der Waals surface area contributed by atoms with Crippen LogP contribution in [0.5, 0.6) is 0 Å². The molecule has 160 valence electrons. The highest BCUT2D eigenvalue weighted by molar-refractivity contribution is 5.83. The molecule has 0 aliphatic heterocycles. The Morgan fingerprint density at radius 2 is 2.03 bits per heavy atom. The number of aliphatic imine (C=N–C) groups is 1. The van der Waals surface area contributed by atoms with Crippen LogP contribution in [-0.2, 0) is 11.2 Å². The molecule has 3 N–H and O–H groups in total. The molecular formula is C23H31N5O2. The van der Waals surface area contributed by atoms with Gasteiger partial charge in [-0.15, -0.1) is 0 Å². The van der Waals surface area contributed by atoms with E-state index in [4.69, 9.17) is 5.73 Å². The molecular weight excluding hydrogens is 378 g/mol. The van der Waals surface area contributed by atoms with E-state index < -0.39 is 0 Å². The van der Waals surface area contributed by atoms with E-state index in [1.165, 1.54) is 36.7 Å². The third-order valence-corrected chi connectivity index (χ3v) is 5.93. The Bertz CT molecular complexity index is 990. The summed E-state index contributed by atoms with van der Waals surface area (Å²) in [5, 5.41) is 3.31. The molecule has 0 atom stereocenters. The summed E-state index contributed by atoms with van der Waals surface area (Å²) in [5.41, 5.74) is 9.01. The third kappa shape index (κ3) is 4.96. The summed E-state index contributed by atoms with van der Waals surface area (Å²) in [7, 11) is 0. The normalized spacial score (nSPS) is 14.5. The molecule has 7 nitrogen and oxygen atoms in total. The number of hydrogen-bond donors (Lipinski definition) is 2. The number of pyridine rings is 2. The fraction of sp³-hybridized carbons (Fsp3) is 0.478. The van der Waals surface area contributed by atoms with Crippen LogP contribution in [0.25, 0.3) is 5.82 Å². The zero-order valence-corrected chi connectivity index (χ0v) is 17.9. The summed E-state index contributed by atoms with van der Waals surface area (Å²) >= 11 is 0. The molecule has 2 heterocycles. The topological polar surface area (TPSA) is 102 Å². The van der Waals surface area contributed by atoms with Gasteiger partial charge in [-0.2, -0.15) is 0 Å². The molecule has 0 bridgehead atoms. The quantitative estimate of drug-likeness (QED) is 0.681. The van der Waals surface area contributed by atoms with E-state index >= 15 is 0 Å². The third-order valence-electron chi connectivity index (χ3n) is 5.93. The minimum atomic E-state index is -0.343. The smallest absolute Gasteiger partial charge is 0.279 e. The van der Waals surface area contributed by atoms with Crippen molar-refractivity contribution in [2.75, 3.05) is 17.6 Å². The van der Waals surface area contributed by atoms with Gasteiger partial charge in [-0.1, -0.05) is 32.1 Å². The standard InChI is InChI=1S/C23H31N5O2/c1-15-9-10-20(26-12-11-17-7-5-4-6-8-17)23(30)28(15)22-19(24)13-18(16(2)27-22)14-21(29)25-3/h9-10,13,17,26H,3-8,11-12,14,24H2,1-2H3. The van der Waals surface area contributed by atoms with Crippen molar-refractivity contribution in [2.45, 2.75) is 58.8 Å². The minimum Gasteiger partial charge on any atom is -0.396 e. The number of nitrogens with one attached hydrogen (secondary N) is 1. The van der Waals surface area contributed by atoms with Crippen molar-refractivity contribution in [2.24, 2.45) is 10.9 Å². The molecule has 1 aliphatic rings. The zero-order chi connectivity index (χ0) is 21.7. The van der Waals surface area contributed by atoms with Crippen molar-refractivity contribution < 1.29 is 4.79 Å². The van der Waals surface area contributed by atoms with Crippen LogP contribution >= 0.6 is 0 Å². The molecule has 7 heteroatoms. The van der Waals surface area contributed by atoms with E-state index in [0.717, 1.165) is 24.6 Å². The number of aromatic nitrogens is 2. The Balaban J connectivity index is 1.84. The number of anilines is 2. The van der Waals surface area contributed by atoms with Crippen LogP contribution in [-0.4, -0.2) is 28.7 Å². The Morgan fingerprint density at radius 3 is 2.73 bits per heavy atom.